The van der Waals surface area contributed by atoms with E-state index in [1.807, 2.05) is 12.1 Å². The van der Waals surface area contributed by atoms with Crippen molar-refractivity contribution in [1.82, 2.24) is 15.0 Å². The minimum Gasteiger partial charge on any atom is -0.493 e. The van der Waals surface area contributed by atoms with Crippen LogP contribution < -0.4 is 19.7 Å². The number of benzene rings is 1. The molecule has 1 amide bonds. The van der Waals surface area contributed by atoms with Crippen LogP contribution in [0.1, 0.15) is 12.8 Å². The first-order chi connectivity index (χ1) is 13.7. The molecule has 3 heterocycles. The molecule has 1 N–H and O–H groups in total. The third-order valence-corrected chi connectivity index (χ3v) is 5.72. The van der Waals surface area contributed by atoms with Gasteiger partial charge in [-0.25, -0.2) is 9.97 Å². The molecule has 3 aromatic rings. The van der Waals surface area contributed by atoms with Gasteiger partial charge in [-0.15, -0.1) is 0 Å². The lowest BCUT2D eigenvalue weighted by atomic mass is 9.97. The third-order valence-electron chi connectivity index (χ3n) is 4.79. The van der Waals surface area contributed by atoms with Crippen LogP contribution in [0.4, 0.5) is 10.9 Å². The molecule has 0 radical (unpaired) electrons. The topological polar surface area (TPSA) is 89.5 Å². The lowest BCUT2D eigenvalue weighted by Crippen LogP contribution is -2.41. The van der Waals surface area contributed by atoms with Crippen LogP contribution in [0.2, 0.25) is 0 Å². The molecule has 0 bridgehead atoms. The quantitative estimate of drug-likeness (QED) is 0.705. The van der Waals surface area contributed by atoms with Crippen molar-refractivity contribution < 1.29 is 14.3 Å². The van der Waals surface area contributed by atoms with Crippen molar-refractivity contribution in [2.75, 3.05) is 37.5 Å². The minimum atomic E-state index is -0.119. The van der Waals surface area contributed by atoms with E-state index in [0.717, 1.165) is 35.4 Å². The predicted octanol–water partition coefficient (Wildman–Crippen LogP) is 2.96. The molecule has 0 unspecified atom stereocenters. The smallest absolute Gasteiger partial charge is 0.231 e. The Morgan fingerprint density at radius 3 is 2.82 bits per heavy atom. The molecule has 1 saturated heterocycles. The van der Waals surface area contributed by atoms with Crippen molar-refractivity contribution in [3.63, 3.8) is 0 Å². The van der Waals surface area contributed by atoms with Gasteiger partial charge in [0.2, 0.25) is 5.91 Å². The van der Waals surface area contributed by atoms with E-state index >= 15 is 0 Å². The number of carbonyl (C=O) groups excluding carboxylic acids is 1. The van der Waals surface area contributed by atoms with Crippen LogP contribution in [-0.2, 0) is 4.79 Å². The molecule has 1 fully saturated rings. The third kappa shape index (κ3) is 3.70. The van der Waals surface area contributed by atoms with E-state index < -0.39 is 0 Å². The maximum absolute atomic E-state index is 12.8. The molecule has 1 atom stereocenters. The molecule has 0 aliphatic carbocycles. The lowest BCUT2D eigenvalue weighted by molar-refractivity contribution is -0.120. The fraction of sp³-hybridized carbons (Fsp3) is 0.368. The van der Waals surface area contributed by atoms with Gasteiger partial charge >= 0.3 is 0 Å². The van der Waals surface area contributed by atoms with Crippen molar-refractivity contribution in [3.05, 3.63) is 30.7 Å². The van der Waals surface area contributed by atoms with E-state index in [-0.39, 0.29) is 11.8 Å². The number of anilines is 2. The molecular weight excluding hydrogens is 378 g/mol. The average Bonchev–Trinajstić information content (AvgIpc) is 3.14. The standard InChI is InChI=1S/C19H21N5O3S/c1-26-14-8-13-16(9-15(14)27-2)28-19(22-13)23-18(25)12-4-3-7-24(11-12)17-10-20-5-6-21-17/h5-6,8-10,12H,3-4,7,11H2,1-2H3,(H,22,23,25)/t12-/m0/s1. The summed E-state index contributed by atoms with van der Waals surface area (Å²) < 4.78 is 11.6. The number of carbonyl (C=O) groups is 1. The zero-order valence-corrected chi connectivity index (χ0v) is 16.5. The van der Waals surface area contributed by atoms with Gasteiger partial charge in [0.05, 0.1) is 36.6 Å². The maximum atomic E-state index is 12.8. The van der Waals surface area contributed by atoms with Crippen LogP contribution in [0.3, 0.4) is 0 Å². The van der Waals surface area contributed by atoms with E-state index in [1.165, 1.54) is 11.3 Å². The van der Waals surface area contributed by atoms with E-state index in [0.29, 0.717) is 23.2 Å². The first kappa shape index (κ1) is 18.4. The summed E-state index contributed by atoms with van der Waals surface area (Å²) in [5.74, 6) is 1.92. The molecule has 146 valence electrons. The van der Waals surface area contributed by atoms with Gasteiger partial charge in [-0.2, -0.15) is 0 Å². The number of nitrogens with zero attached hydrogens (tertiary/aromatic N) is 4. The van der Waals surface area contributed by atoms with Gasteiger partial charge in [0.1, 0.15) is 5.82 Å². The number of amides is 1. The van der Waals surface area contributed by atoms with Crippen molar-refractivity contribution in [2.24, 2.45) is 5.92 Å². The van der Waals surface area contributed by atoms with Gasteiger partial charge in [-0.1, -0.05) is 11.3 Å². The predicted molar refractivity (Wildman–Crippen MR) is 108 cm³/mol. The van der Waals surface area contributed by atoms with Gasteiger partial charge < -0.3 is 19.7 Å². The first-order valence-electron chi connectivity index (χ1n) is 9.02. The fourth-order valence-corrected chi connectivity index (χ4v) is 4.25. The Morgan fingerprint density at radius 2 is 2.07 bits per heavy atom. The molecule has 4 rings (SSSR count). The van der Waals surface area contributed by atoms with Gasteiger partial charge in [-0.3, -0.25) is 9.78 Å². The van der Waals surface area contributed by atoms with E-state index in [1.54, 1.807) is 32.8 Å². The number of methoxy groups -OCH3 is 2. The summed E-state index contributed by atoms with van der Waals surface area (Å²) >= 11 is 1.42. The number of ether oxygens (including phenoxy) is 2. The summed E-state index contributed by atoms with van der Waals surface area (Å²) in [7, 11) is 3.18. The van der Waals surface area contributed by atoms with Crippen LogP contribution in [0.5, 0.6) is 11.5 Å². The molecule has 1 aliphatic rings. The Hall–Kier alpha value is -2.94. The normalized spacial score (nSPS) is 16.8. The highest BCUT2D eigenvalue weighted by Crippen LogP contribution is 2.36. The number of aromatic nitrogens is 3. The number of nitrogens with one attached hydrogen (secondary N) is 1. The number of hydrogen-bond acceptors (Lipinski definition) is 8. The lowest BCUT2D eigenvalue weighted by Gasteiger charge is -2.32. The van der Waals surface area contributed by atoms with Crippen LogP contribution in [-0.4, -0.2) is 48.2 Å². The highest BCUT2D eigenvalue weighted by Gasteiger charge is 2.27. The summed E-state index contributed by atoms with van der Waals surface area (Å²) in [5, 5.41) is 3.55. The second-order valence-electron chi connectivity index (χ2n) is 6.53. The van der Waals surface area contributed by atoms with Gasteiger partial charge in [0, 0.05) is 37.6 Å². The van der Waals surface area contributed by atoms with Crippen molar-refractivity contribution in [3.8, 4) is 11.5 Å². The molecule has 1 aliphatic heterocycles. The first-order valence-corrected chi connectivity index (χ1v) is 9.84. The van der Waals surface area contributed by atoms with Crippen molar-refractivity contribution in [2.45, 2.75) is 12.8 Å². The van der Waals surface area contributed by atoms with Crippen LogP contribution in [0.25, 0.3) is 10.2 Å². The number of rotatable bonds is 5. The summed E-state index contributed by atoms with van der Waals surface area (Å²) in [4.78, 5) is 27.9. The van der Waals surface area contributed by atoms with Crippen LogP contribution >= 0.6 is 11.3 Å². The zero-order valence-electron chi connectivity index (χ0n) is 15.7. The zero-order chi connectivity index (χ0) is 19.5. The Morgan fingerprint density at radius 1 is 1.25 bits per heavy atom. The number of hydrogen-bond donors (Lipinski definition) is 1. The van der Waals surface area contributed by atoms with Gasteiger partial charge in [0.25, 0.3) is 0 Å². The SMILES string of the molecule is COc1cc2nc(NC(=O)[C@H]3CCCN(c4cnccn4)C3)sc2cc1OC. The Bertz CT molecular complexity index is 937. The number of thiazole rings is 1. The monoisotopic (exact) mass is 399 g/mol. The second kappa shape index (κ2) is 7.97. The highest BCUT2D eigenvalue weighted by molar-refractivity contribution is 7.22. The van der Waals surface area contributed by atoms with Gasteiger partial charge in [-0.05, 0) is 12.8 Å². The van der Waals surface area contributed by atoms with Gasteiger partial charge in [0.15, 0.2) is 16.6 Å². The van der Waals surface area contributed by atoms with E-state index in [4.69, 9.17) is 9.47 Å². The van der Waals surface area contributed by atoms with Crippen molar-refractivity contribution in [1.29, 1.82) is 0 Å². The molecule has 1 aromatic carbocycles. The summed E-state index contributed by atoms with van der Waals surface area (Å²) in [6.07, 6.45) is 6.82. The molecule has 0 spiro atoms. The number of fused-ring (bicyclic) bond motifs is 1. The molecule has 0 saturated carbocycles. The summed E-state index contributed by atoms with van der Waals surface area (Å²) in [6, 6.07) is 3.69. The highest BCUT2D eigenvalue weighted by atomic mass is 32.1. The fourth-order valence-electron chi connectivity index (χ4n) is 3.37. The summed E-state index contributed by atoms with van der Waals surface area (Å²) in [6.45, 7) is 1.50. The maximum Gasteiger partial charge on any atom is 0.231 e. The Labute approximate surface area is 166 Å². The minimum absolute atomic E-state index is 0.0217. The molecule has 28 heavy (non-hydrogen) atoms. The Kier molecular flexibility index (Phi) is 5.25. The number of piperidine rings is 1. The van der Waals surface area contributed by atoms with E-state index in [9.17, 15) is 4.79 Å². The van der Waals surface area contributed by atoms with Crippen LogP contribution in [0, 0.1) is 5.92 Å². The van der Waals surface area contributed by atoms with E-state index in [2.05, 4.69) is 25.2 Å². The molecule has 8 nitrogen and oxygen atoms in total. The molecule has 2 aromatic heterocycles. The molecule has 9 heteroatoms. The average molecular weight is 399 g/mol. The largest absolute Gasteiger partial charge is 0.493 e. The van der Waals surface area contributed by atoms with Crippen LogP contribution in [0.15, 0.2) is 30.7 Å². The summed E-state index contributed by atoms with van der Waals surface area (Å²) in [5.41, 5.74) is 0.766. The Balaban J connectivity index is 1.48. The second-order valence-corrected chi connectivity index (χ2v) is 7.56. The van der Waals surface area contributed by atoms with Crippen molar-refractivity contribution >= 4 is 38.4 Å². The molecular formula is C19H21N5O3S.